The van der Waals surface area contributed by atoms with Gasteiger partial charge in [0.25, 0.3) is 0 Å². The van der Waals surface area contributed by atoms with E-state index in [0.717, 1.165) is 0 Å². The van der Waals surface area contributed by atoms with Gasteiger partial charge in [-0.1, -0.05) is 151 Å². The van der Waals surface area contributed by atoms with Crippen LogP contribution in [0.5, 0.6) is 0 Å². The van der Waals surface area contributed by atoms with Crippen LogP contribution in [0.15, 0.2) is 146 Å². The largest absolute Gasteiger partial charge is 0.376 e. The number of aryl methyl sites for hydroxylation is 1. The summed E-state index contributed by atoms with van der Waals surface area (Å²) >= 11 is 0. The number of hydrogen-bond donors (Lipinski definition) is 0. The van der Waals surface area contributed by atoms with E-state index in [2.05, 4.69) is 204 Å². The molecule has 0 amide bonds. The number of hydrogen-bond acceptors (Lipinski definition) is 2. The second kappa shape index (κ2) is 11.9. The third-order valence-corrected chi connectivity index (χ3v) is 14.1. The molecule has 3 heterocycles. The highest BCUT2D eigenvalue weighted by atomic mass is 15.2. The SMILES string of the molecule is Cc1cc2c3c(c1)N1c4cc5c(cc4C(C)(C)c4cccc(c41)B3N(c1cccc(-c3ccccc3)c1)c1ccc(-c3ccccc3)cc1-2)C(C)(C)CCC5(C)C. The number of para-hydroxylation sites is 1. The minimum Gasteiger partial charge on any atom is -0.376 e. The summed E-state index contributed by atoms with van der Waals surface area (Å²) in [5, 5.41) is 0. The van der Waals surface area contributed by atoms with Gasteiger partial charge in [0.2, 0.25) is 0 Å². The molecular weight excluding hydrogens is 687 g/mol. The monoisotopic (exact) mass is 736 g/mol. The molecule has 3 heteroatoms. The van der Waals surface area contributed by atoms with Crippen LogP contribution in [-0.2, 0) is 16.2 Å². The molecule has 0 saturated carbocycles. The first-order valence-corrected chi connectivity index (χ1v) is 20.8. The predicted octanol–water partition coefficient (Wildman–Crippen LogP) is 13.0. The maximum absolute atomic E-state index is 2.69. The lowest BCUT2D eigenvalue weighted by Gasteiger charge is -2.52. The summed E-state index contributed by atoms with van der Waals surface area (Å²) in [6.07, 6.45) is 2.39. The van der Waals surface area contributed by atoms with Crippen LogP contribution < -0.4 is 20.6 Å². The van der Waals surface area contributed by atoms with Gasteiger partial charge in [0.15, 0.2) is 0 Å². The Morgan fingerprint density at radius 2 is 1.11 bits per heavy atom. The van der Waals surface area contributed by atoms with Gasteiger partial charge in [-0.25, -0.2) is 0 Å². The van der Waals surface area contributed by atoms with Gasteiger partial charge in [-0.15, -0.1) is 0 Å². The van der Waals surface area contributed by atoms with Crippen molar-refractivity contribution in [1.82, 2.24) is 0 Å². The van der Waals surface area contributed by atoms with E-state index in [-0.39, 0.29) is 23.1 Å². The lowest BCUT2D eigenvalue weighted by atomic mass is 9.42. The highest BCUT2D eigenvalue weighted by Crippen LogP contribution is 2.58. The molecule has 7 aromatic rings. The van der Waals surface area contributed by atoms with E-state index in [1.807, 2.05) is 0 Å². The highest BCUT2D eigenvalue weighted by molar-refractivity contribution is 6.93. The van der Waals surface area contributed by atoms with Gasteiger partial charge in [0.1, 0.15) is 0 Å². The van der Waals surface area contributed by atoms with Gasteiger partial charge in [-0.05, 0) is 134 Å². The van der Waals surface area contributed by atoms with Crippen LogP contribution >= 0.6 is 0 Å². The molecule has 57 heavy (non-hydrogen) atoms. The molecule has 3 aliphatic heterocycles. The van der Waals surface area contributed by atoms with Crippen molar-refractivity contribution >= 4 is 46.2 Å². The first-order chi connectivity index (χ1) is 27.4. The Bertz CT molecular complexity index is 2790. The number of nitrogens with zero attached hydrogens (tertiary/aromatic N) is 2. The zero-order chi connectivity index (χ0) is 39.0. The fraction of sp³-hybridized carbons (Fsp3) is 0.222. The maximum atomic E-state index is 2.69. The molecule has 0 radical (unpaired) electrons. The Labute approximate surface area is 338 Å². The summed E-state index contributed by atoms with van der Waals surface area (Å²) in [5.74, 6) is 0. The van der Waals surface area contributed by atoms with Crippen LogP contribution in [0, 0.1) is 6.92 Å². The van der Waals surface area contributed by atoms with Crippen molar-refractivity contribution < 1.29 is 0 Å². The molecule has 0 saturated heterocycles. The fourth-order valence-corrected chi connectivity index (χ4v) is 10.9. The van der Waals surface area contributed by atoms with E-state index in [1.165, 1.54) is 113 Å². The third kappa shape index (κ3) is 4.91. The Hall–Kier alpha value is -5.80. The van der Waals surface area contributed by atoms with Crippen molar-refractivity contribution in [3.8, 4) is 33.4 Å². The lowest BCUT2D eigenvalue weighted by molar-refractivity contribution is 0.331. The average Bonchev–Trinajstić information content (AvgIpc) is 3.22. The smallest absolute Gasteiger partial charge is 0.333 e. The van der Waals surface area contributed by atoms with Crippen molar-refractivity contribution in [3.63, 3.8) is 0 Å². The number of benzene rings is 7. The van der Waals surface area contributed by atoms with E-state index in [0.29, 0.717) is 0 Å². The van der Waals surface area contributed by atoms with Crippen molar-refractivity contribution in [2.45, 2.75) is 77.6 Å². The normalized spacial score (nSPS) is 17.2. The van der Waals surface area contributed by atoms with Crippen LogP contribution in [0.3, 0.4) is 0 Å². The molecule has 0 unspecified atom stereocenters. The predicted molar refractivity (Wildman–Crippen MR) is 243 cm³/mol. The number of fused-ring (bicyclic) bond motifs is 7. The summed E-state index contributed by atoms with van der Waals surface area (Å²) in [5.41, 5.74) is 23.9. The molecule has 278 valence electrons. The minimum absolute atomic E-state index is 0.0201. The van der Waals surface area contributed by atoms with E-state index in [4.69, 9.17) is 0 Å². The summed E-state index contributed by atoms with van der Waals surface area (Å²) in [4.78, 5) is 5.35. The molecule has 0 aromatic heterocycles. The zero-order valence-corrected chi connectivity index (χ0v) is 34.2. The van der Waals surface area contributed by atoms with Gasteiger partial charge < -0.3 is 9.71 Å². The van der Waals surface area contributed by atoms with Gasteiger partial charge in [-0.2, -0.15) is 0 Å². The van der Waals surface area contributed by atoms with Crippen LogP contribution in [0.25, 0.3) is 33.4 Å². The van der Waals surface area contributed by atoms with Gasteiger partial charge >= 0.3 is 6.85 Å². The van der Waals surface area contributed by atoms with Gasteiger partial charge in [-0.3, -0.25) is 0 Å². The van der Waals surface area contributed by atoms with E-state index in [1.54, 1.807) is 0 Å². The average molecular weight is 737 g/mol. The molecule has 0 fully saturated rings. The summed E-state index contributed by atoms with van der Waals surface area (Å²) in [6.45, 7) is 17.0. The second-order valence-corrected chi connectivity index (χ2v) is 18.9. The quantitative estimate of drug-likeness (QED) is 0.167. The van der Waals surface area contributed by atoms with E-state index >= 15 is 0 Å². The molecular formula is C54H49BN2. The first-order valence-electron chi connectivity index (χ1n) is 20.8. The third-order valence-electron chi connectivity index (χ3n) is 14.1. The van der Waals surface area contributed by atoms with Crippen molar-refractivity contribution in [1.29, 1.82) is 0 Å². The minimum atomic E-state index is -0.191. The maximum Gasteiger partial charge on any atom is 0.333 e. The molecule has 2 nitrogen and oxygen atoms in total. The molecule has 1 aliphatic carbocycles. The van der Waals surface area contributed by atoms with Crippen LogP contribution in [0.4, 0.5) is 28.4 Å². The fourth-order valence-electron chi connectivity index (χ4n) is 10.9. The van der Waals surface area contributed by atoms with E-state index < -0.39 is 0 Å². The Kier molecular flexibility index (Phi) is 7.17. The molecule has 4 aliphatic rings. The Morgan fingerprint density at radius 3 is 1.81 bits per heavy atom. The highest BCUT2D eigenvalue weighted by Gasteiger charge is 2.50. The Balaban J connectivity index is 1.23. The molecule has 7 aromatic carbocycles. The summed E-state index contributed by atoms with van der Waals surface area (Å²) < 4.78 is 0. The zero-order valence-electron chi connectivity index (χ0n) is 34.2. The summed E-state index contributed by atoms with van der Waals surface area (Å²) in [6, 6.07) is 55.4. The molecule has 0 spiro atoms. The van der Waals surface area contributed by atoms with Crippen LogP contribution in [0.2, 0.25) is 0 Å². The van der Waals surface area contributed by atoms with Crippen molar-refractivity contribution in [2.24, 2.45) is 0 Å². The lowest BCUT2D eigenvalue weighted by Crippen LogP contribution is -2.62. The topological polar surface area (TPSA) is 6.48 Å². The van der Waals surface area contributed by atoms with Crippen LogP contribution in [0.1, 0.15) is 82.2 Å². The molecule has 11 rings (SSSR count). The number of anilines is 5. The van der Waals surface area contributed by atoms with Crippen molar-refractivity contribution in [3.05, 3.63) is 173 Å². The Morgan fingerprint density at radius 1 is 0.474 bits per heavy atom. The van der Waals surface area contributed by atoms with E-state index in [9.17, 15) is 0 Å². The summed E-state index contributed by atoms with van der Waals surface area (Å²) in [7, 11) is 0. The standard InChI is InChI=1S/C54H49BN2/c1-34-28-41-40-31-38(36-18-12-9-13-19-36)24-25-47(40)57(39-21-14-20-37(30-39)35-16-10-8-11-17-35)55-46-23-15-22-42-51(46)56(49(29-34)50(41)55)48-33-44-43(32-45(48)54(42,6)7)52(2,3)26-27-53(44,4)5/h8-25,28-33H,26-27H2,1-7H3. The molecule has 0 atom stereocenters. The van der Waals surface area contributed by atoms with Gasteiger partial charge in [0.05, 0.1) is 5.69 Å². The van der Waals surface area contributed by atoms with Crippen molar-refractivity contribution in [2.75, 3.05) is 9.71 Å². The number of rotatable bonds is 3. The first kappa shape index (κ1) is 34.5. The second-order valence-electron chi connectivity index (χ2n) is 18.9. The van der Waals surface area contributed by atoms with Gasteiger partial charge in [0, 0.05) is 33.7 Å². The molecule has 0 bridgehead atoms. The van der Waals surface area contributed by atoms with Crippen LogP contribution in [-0.4, -0.2) is 6.85 Å². The molecule has 0 N–H and O–H groups in total.